The SMILES string of the molecule is CCC(NC)c1nnc(CC2CCC2)s1. The highest BCUT2D eigenvalue weighted by Crippen LogP contribution is 2.31. The highest BCUT2D eigenvalue weighted by molar-refractivity contribution is 7.11. The molecule has 1 atom stereocenters. The summed E-state index contributed by atoms with van der Waals surface area (Å²) in [6.45, 7) is 2.17. The molecule has 0 bridgehead atoms. The number of nitrogens with one attached hydrogen (secondary N) is 1. The maximum absolute atomic E-state index is 4.28. The lowest BCUT2D eigenvalue weighted by Gasteiger charge is -2.23. The first-order chi connectivity index (χ1) is 7.33. The van der Waals surface area contributed by atoms with Crippen molar-refractivity contribution < 1.29 is 0 Å². The number of rotatable bonds is 5. The van der Waals surface area contributed by atoms with Gasteiger partial charge in [0.2, 0.25) is 0 Å². The lowest BCUT2D eigenvalue weighted by molar-refractivity contribution is 0.313. The van der Waals surface area contributed by atoms with Gasteiger partial charge in [-0.25, -0.2) is 0 Å². The Labute approximate surface area is 95.3 Å². The van der Waals surface area contributed by atoms with Crippen LogP contribution in [0.4, 0.5) is 0 Å². The topological polar surface area (TPSA) is 37.8 Å². The van der Waals surface area contributed by atoms with Gasteiger partial charge in [0.05, 0.1) is 6.04 Å². The van der Waals surface area contributed by atoms with Gasteiger partial charge in [-0.15, -0.1) is 10.2 Å². The minimum Gasteiger partial charge on any atom is -0.311 e. The third-order valence-corrected chi connectivity index (χ3v) is 4.28. The molecular formula is C11H19N3S. The molecule has 0 amide bonds. The van der Waals surface area contributed by atoms with E-state index in [-0.39, 0.29) is 0 Å². The fourth-order valence-corrected chi connectivity index (χ4v) is 3.09. The van der Waals surface area contributed by atoms with Crippen LogP contribution in [0.25, 0.3) is 0 Å². The smallest absolute Gasteiger partial charge is 0.134 e. The van der Waals surface area contributed by atoms with E-state index in [1.54, 1.807) is 11.3 Å². The van der Waals surface area contributed by atoms with Crippen molar-refractivity contribution in [1.82, 2.24) is 15.5 Å². The second-order valence-corrected chi connectivity index (χ2v) is 5.38. The minimum atomic E-state index is 0.387. The zero-order valence-electron chi connectivity index (χ0n) is 9.49. The summed E-state index contributed by atoms with van der Waals surface area (Å²) in [7, 11) is 1.99. The Balaban J connectivity index is 1.95. The molecular weight excluding hydrogens is 206 g/mol. The van der Waals surface area contributed by atoms with Crippen molar-refractivity contribution in [3.05, 3.63) is 10.0 Å². The van der Waals surface area contributed by atoms with Crippen LogP contribution in [0, 0.1) is 5.92 Å². The summed E-state index contributed by atoms with van der Waals surface area (Å²) in [6.07, 6.45) is 6.41. The van der Waals surface area contributed by atoms with Gasteiger partial charge >= 0.3 is 0 Å². The molecule has 0 spiro atoms. The first kappa shape index (κ1) is 11.0. The van der Waals surface area contributed by atoms with Crippen molar-refractivity contribution in [3.63, 3.8) is 0 Å². The number of nitrogens with zero attached hydrogens (tertiary/aromatic N) is 2. The molecule has 1 unspecified atom stereocenters. The summed E-state index contributed by atoms with van der Waals surface area (Å²) in [5.74, 6) is 0.889. The van der Waals surface area contributed by atoms with E-state index in [9.17, 15) is 0 Å². The van der Waals surface area contributed by atoms with Gasteiger partial charge in [0.25, 0.3) is 0 Å². The highest BCUT2D eigenvalue weighted by atomic mass is 32.1. The monoisotopic (exact) mass is 225 g/mol. The Bertz CT molecular complexity index is 303. The summed E-state index contributed by atoms with van der Waals surface area (Å²) in [4.78, 5) is 0. The van der Waals surface area contributed by atoms with Gasteiger partial charge in [-0.2, -0.15) is 0 Å². The largest absolute Gasteiger partial charge is 0.311 e. The summed E-state index contributed by atoms with van der Waals surface area (Å²) >= 11 is 1.78. The fourth-order valence-electron chi connectivity index (χ4n) is 1.94. The molecule has 4 heteroatoms. The second kappa shape index (κ2) is 5.03. The quantitative estimate of drug-likeness (QED) is 0.837. The summed E-state index contributed by atoms with van der Waals surface area (Å²) in [5, 5.41) is 14.2. The summed E-state index contributed by atoms with van der Waals surface area (Å²) in [5.41, 5.74) is 0. The van der Waals surface area contributed by atoms with Crippen molar-refractivity contribution in [2.24, 2.45) is 5.92 Å². The second-order valence-electron chi connectivity index (χ2n) is 4.28. The maximum atomic E-state index is 4.28. The van der Waals surface area contributed by atoms with Gasteiger partial charge in [-0.05, 0) is 19.4 Å². The Morgan fingerprint density at radius 2 is 2.27 bits per heavy atom. The maximum Gasteiger partial charge on any atom is 0.134 e. The van der Waals surface area contributed by atoms with Gasteiger partial charge in [0.1, 0.15) is 10.0 Å². The van der Waals surface area contributed by atoms with Crippen LogP contribution < -0.4 is 5.32 Å². The molecule has 1 saturated carbocycles. The molecule has 15 heavy (non-hydrogen) atoms. The van der Waals surface area contributed by atoms with E-state index in [2.05, 4.69) is 22.4 Å². The molecule has 1 aliphatic rings. The molecule has 0 aromatic carbocycles. The molecule has 1 fully saturated rings. The lowest BCUT2D eigenvalue weighted by atomic mass is 9.83. The summed E-state index contributed by atoms with van der Waals surface area (Å²) < 4.78 is 0. The third-order valence-electron chi connectivity index (χ3n) is 3.23. The van der Waals surface area contributed by atoms with E-state index in [1.807, 2.05) is 7.05 Å². The number of hydrogen-bond acceptors (Lipinski definition) is 4. The predicted octanol–water partition coefficient (Wildman–Crippen LogP) is 2.55. The van der Waals surface area contributed by atoms with Crippen molar-refractivity contribution in [3.8, 4) is 0 Å². The van der Waals surface area contributed by atoms with Crippen molar-refractivity contribution in [2.45, 2.75) is 45.1 Å². The van der Waals surface area contributed by atoms with E-state index < -0.39 is 0 Å². The minimum absolute atomic E-state index is 0.387. The van der Waals surface area contributed by atoms with Crippen LogP contribution in [0.3, 0.4) is 0 Å². The fraction of sp³-hybridized carbons (Fsp3) is 0.818. The predicted molar refractivity (Wildman–Crippen MR) is 63.0 cm³/mol. The van der Waals surface area contributed by atoms with Crippen molar-refractivity contribution >= 4 is 11.3 Å². The van der Waals surface area contributed by atoms with E-state index in [4.69, 9.17) is 0 Å². The molecule has 1 aliphatic carbocycles. The van der Waals surface area contributed by atoms with Gasteiger partial charge < -0.3 is 5.32 Å². The van der Waals surface area contributed by atoms with Gasteiger partial charge in [0, 0.05) is 6.42 Å². The zero-order chi connectivity index (χ0) is 10.7. The Hall–Kier alpha value is -0.480. The average Bonchev–Trinajstić information content (AvgIpc) is 2.62. The number of hydrogen-bond donors (Lipinski definition) is 1. The van der Waals surface area contributed by atoms with Gasteiger partial charge in [-0.1, -0.05) is 37.5 Å². The van der Waals surface area contributed by atoms with E-state index in [0.29, 0.717) is 6.04 Å². The first-order valence-electron chi connectivity index (χ1n) is 5.83. The van der Waals surface area contributed by atoms with E-state index >= 15 is 0 Å². The third kappa shape index (κ3) is 2.55. The zero-order valence-corrected chi connectivity index (χ0v) is 10.3. The Kier molecular flexibility index (Phi) is 3.70. The van der Waals surface area contributed by atoms with Crippen LogP contribution in [-0.2, 0) is 6.42 Å². The van der Waals surface area contributed by atoms with Crippen LogP contribution in [0.15, 0.2) is 0 Å². The van der Waals surface area contributed by atoms with E-state index in [0.717, 1.165) is 23.8 Å². The molecule has 1 N–H and O–H groups in total. The van der Waals surface area contributed by atoms with Gasteiger partial charge in [-0.3, -0.25) is 0 Å². The molecule has 1 aromatic rings. The average molecular weight is 225 g/mol. The van der Waals surface area contributed by atoms with Crippen LogP contribution in [0.1, 0.15) is 48.7 Å². The molecule has 0 aliphatic heterocycles. The lowest BCUT2D eigenvalue weighted by Crippen LogP contribution is -2.14. The van der Waals surface area contributed by atoms with Gasteiger partial charge in [0.15, 0.2) is 0 Å². The van der Waals surface area contributed by atoms with Crippen molar-refractivity contribution in [1.29, 1.82) is 0 Å². The molecule has 1 heterocycles. The van der Waals surface area contributed by atoms with Crippen LogP contribution in [0.2, 0.25) is 0 Å². The molecule has 0 saturated heterocycles. The molecule has 0 radical (unpaired) electrons. The van der Waals surface area contributed by atoms with Crippen LogP contribution in [-0.4, -0.2) is 17.2 Å². The van der Waals surface area contributed by atoms with Crippen LogP contribution >= 0.6 is 11.3 Å². The molecule has 3 nitrogen and oxygen atoms in total. The normalized spacial score (nSPS) is 18.8. The molecule has 84 valence electrons. The van der Waals surface area contributed by atoms with E-state index in [1.165, 1.54) is 24.3 Å². The molecule has 2 rings (SSSR count). The highest BCUT2D eigenvalue weighted by Gasteiger charge is 2.20. The summed E-state index contributed by atoms with van der Waals surface area (Å²) in [6, 6.07) is 0.387. The number of aromatic nitrogens is 2. The Morgan fingerprint density at radius 3 is 2.80 bits per heavy atom. The molecule has 1 aromatic heterocycles. The van der Waals surface area contributed by atoms with Crippen LogP contribution in [0.5, 0.6) is 0 Å². The van der Waals surface area contributed by atoms with Crippen molar-refractivity contribution in [2.75, 3.05) is 7.05 Å². The first-order valence-corrected chi connectivity index (χ1v) is 6.64. The Morgan fingerprint density at radius 1 is 1.47 bits per heavy atom. The standard InChI is InChI=1S/C11H19N3S/c1-3-9(12-2)11-14-13-10(15-11)7-8-5-4-6-8/h8-9,12H,3-7H2,1-2H3.